The van der Waals surface area contributed by atoms with Gasteiger partial charge in [0.05, 0.1) is 29.6 Å². The van der Waals surface area contributed by atoms with E-state index in [0.717, 1.165) is 23.1 Å². The van der Waals surface area contributed by atoms with Crippen LogP contribution in [0.5, 0.6) is 0 Å². The molecule has 0 aromatic carbocycles. The molecule has 0 saturated heterocycles. The van der Waals surface area contributed by atoms with Gasteiger partial charge in [0, 0.05) is 12.4 Å². The van der Waals surface area contributed by atoms with E-state index >= 15 is 0 Å². The Morgan fingerprint density at radius 3 is 2.61 bits per heavy atom. The molecule has 1 unspecified atom stereocenters. The number of carbonyl (C=O) groups excluding carboxylic acids is 1. The van der Waals surface area contributed by atoms with E-state index in [4.69, 9.17) is 0 Å². The predicted molar refractivity (Wildman–Crippen MR) is 130 cm³/mol. The summed E-state index contributed by atoms with van der Waals surface area (Å²) >= 11 is 3.38. The van der Waals surface area contributed by atoms with E-state index in [1.807, 2.05) is 26.0 Å². The summed E-state index contributed by atoms with van der Waals surface area (Å²) in [5, 5.41) is 21.7. The molecule has 1 amide bonds. The summed E-state index contributed by atoms with van der Waals surface area (Å²) in [6, 6.07) is 3.39. The second-order valence-electron chi connectivity index (χ2n) is 10.1. The Hall–Kier alpha value is -2.26. The zero-order chi connectivity index (χ0) is 24.0. The van der Waals surface area contributed by atoms with Gasteiger partial charge in [-0.05, 0) is 77.1 Å². The Bertz CT molecular complexity index is 1090. The van der Waals surface area contributed by atoms with Crippen molar-refractivity contribution in [3.8, 4) is 0 Å². The lowest BCUT2D eigenvalue weighted by molar-refractivity contribution is -0.199. The average Bonchev–Trinajstić information content (AvgIpc) is 2.78. The van der Waals surface area contributed by atoms with Crippen molar-refractivity contribution in [3.63, 3.8) is 0 Å². The zero-order valence-electron chi connectivity index (χ0n) is 19.5. The van der Waals surface area contributed by atoms with Crippen LogP contribution < -0.4 is 16.2 Å². The topological polar surface area (TPSA) is 109 Å². The minimum Gasteiger partial charge on any atom is -0.388 e. The van der Waals surface area contributed by atoms with Crippen LogP contribution in [0.3, 0.4) is 0 Å². The third-order valence-electron chi connectivity index (χ3n) is 7.86. The van der Waals surface area contributed by atoms with Gasteiger partial charge in [0.2, 0.25) is 5.91 Å². The van der Waals surface area contributed by atoms with E-state index in [9.17, 15) is 14.7 Å². The van der Waals surface area contributed by atoms with Gasteiger partial charge in [0.15, 0.2) is 0 Å². The Balaban J connectivity index is 1.45. The molecule has 3 N–H and O–H groups in total. The van der Waals surface area contributed by atoms with Crippen molar-refractivity contribution in [1.82, 2.24) is 20.1 Å². The first-order valence-corrected chi connectivity index (χ1v) is 12.3. The molecule has 2 aromatic heterocycles. The van der Waals surface area contributed by atoms with Crippen molar-refractivity contribution in [1.29, 1.82) is 0 Å². The van der Waals surface area contributed by atoms with E-state index in [1.54, 1.807) is 18.6 Å². The lowest BCUT2D eigenvalue weighted by Gasteiger charge is -2.65. The number of nitrogens with zero attached hydrogens (tertiary/aromatic N) is 3. The van der Waals surface area contributed by atoms with Crippen molar-refractivity contribution < 1.29 is 9.90 Å². The molecule has 2 heterocycles. The highest BCUT2D eigenvalue weighted by Crippen LogP contribution is 2.63. The number of amides is 1. The molecular formula is C24H32BrN5O3. The van der Waals surface area contributed by atoms with Crippen LogP contribution in [0.2, 0.25) is 0 Å². The summed E-state index contributed by atoms with van der Waals surface area (Å²) < 4.78 is 1.45. The molecule has 178 valence electrons. The Morgan fingerprint density at radius 2 is 2.00 bits per heavy atom. The number of rotatable bonds is 7. The van der Waals surface area contributed by atoms with Crippen molar-refractivity contribution in [3.05, 3.63) is 51.1 Å². The highest BCUT2D eigenvalue weighted by molar-refractivity contribution is 9.10. The number of aliphatic hydroxyl groups is 1. The molecule has 3 saturated carbocycles. The third kappa shape index (κ3) is 4.33. The number of aromatic nitrogens is 3. The molecule has 5 rings (SSSR count). The number of halogens is 1. The zero-order valence-corrected chi connectivity index (χ0v) is 21.1. The number of nitrogens with one attached hydrogen (secondary N) is 2. The fourth-order valence-corrected chi connectivity index (χ4v) is 6.06. The second-order valence-corrected chi connectivity index (χ2v) is 10.9. The predicted octanol–water partition coefficient (Wildman–Crippen LogP) is 3.27. The molecular weight excluding hydrogens is 486 g/mol. The van der Waals surface area contributed by atoms with Crippen molar-refractivity contribution in [2.24, 2.45) is 17.3 Å². The van der Waals surface area contributed by atoms with Crippen LogP contribution in [-0.2, 0) is 11.3 Å². The van der Waals surface area contributed by atoms with Crippen LogP contribution in [0.1, 0.15) is 58.6 Å². The minimum atomic E-state index is -0.880. The maximum Gasteiger partial charge on any atom is 0.283 e. The third-order valence-corrected chi connectivity index (χ3v) is 8.63. The molecule has 9 heteroatoms. The molecule has 3 aliphatic carbocycles. The van der Waals surface area contributed by atoms with Crippen LogP contribution in [0.15, 0.2) is 40.0 Å². The first-order valence-electron chi connectivity index (χ1n) is 11.5. The summed E-state index contributed by atoms with van der Waals surface area (Å²) in [6.07, 6.45) is 7.50. The first kappa shape index (κ1) is 23.9. The van der Waals surface area contributed by atoms with Gasteiger partial charge in [-0.25, -0.2) is 4.68 Å². The number of pyridine rings is 1. The van der Waals surface area contributed by atoms with Gasteiger partial charge in [-0.15, -0.1) is 0 Å². The van der Waals surface area contributed by atoms with E-state index in [1.165, 1.54) is 0 Å². The van der Waals surface area contributed by atoms with E-state index in [2.05, 4.69) is 50.5 Å². The van der Waals surface area contributed by atoms with Crippen molar-refractivity contribution in [2.75, 3.05) is 5.32 Å². The molecule has 0 spiro atoms. The summed E-state index contributed by atoms with van der Waals surface area (Å²) in [5.74, 6) is 0.463. The fraction of sp³-hybridized carbons (Fsp3) is 0.583. The maximum absolute atomic E-state index is 12.9. The van der Waals surface area contributed by atoms with Crippen LogP contribution in [0.4, 0.5) is 5.69 Å². The van der Waals surface area contributed by atoms with Gasteiger partial charge in [0.25, 0.3) is 5.56 Å². The van der Waals surface area contributed by atoms with Gasteiger partial charge in [0.1, 0.15) is 11.0 Å². The van der Waals surface area contributed by atoms with Crippen molar-refractivity contribution in [2.45, 2.75) is 71.2 Å². The first-order chi connectivity index (χ1) is 15.6. The second kappa shape index (κ2) is 8.83. The van der Waals surface area contributed by atoms with E-state index in [0.29, 0.717) is 22.5 Å². The molecule has 8 nitrogen and oxygen atoms in total. The number of hydrogen-bond donors (Lipinski definition) is 3. The largest absolute Gasteiger partial charge is 0.388 e. The molecule has 3 fully saturated rings. The summed E-state index contributed by atoms with van der Waals surface area (Å²) in [5.41, 5.74) is 0.342. The van der Waals surface area contributed by atoms with Crippen LogP contribution in [-0.4, -0.2) is 37.4 Å². The number of anilines is 1. The standard InChI is InChI=1S/C24H32BrN5O3/c1-5-16(14-6-8-26-9-7-14)29-20(31)13-30-22(32)21(25)17(12-27-30)28-19-11-15-10-18(23(15,2)3)24(19,4)33/h6-9,12,15-16,18-19,28,33H,5,10-11,13H2,1-4H3,(H,29,31)/t15-,16?,18-,19-,24+/m1/s1. The maximum atomic E-state index is 12.9. The summed E-state index contributed by atoms with van der Waals surface area (Å²) in [4.78, 5) is 29.5. The van der Waals surface area contributed by atoms with Gasteiger partial charge in [-0.1, -0.05) is 20.8 Å². The molecule has 5 atom stereocenters. The Kier molecular flexibility index (Phi) is 6.39. The van der Waals surface area contributed by atoms with Crippen LogP contribution >= 0.6 is 15.9 Å². The van der Waals surface area contributed by atoms with Gasteiger partial charge in [-0.2, -0.15) is 5.10 Å². The normalized spacial score (nSPS) is 28.5. The summed E-state index contributed by atoms with van der Waals surface area (Å²) in [6.45, 7) is 8.12. The summed E-state index contributed by atoms with van der Waals surface area (Å²) in [7, 11) is 0. The van der Waals surface area contributed by atoms with Gasteiger partial charge >= 0.3 is 0 Å². The number of carbonyl (C=O) groups is 1. The SMILES string of the molecule is CCC(NC(=O)Cn1ncc(N[C@@H]2C[C@H]3C[C@H](C3(C)C)[C@]2(C)O)c(Br)c1=O)c1ccncc1. The molecule has 33 heavy (non-hydrogen) atoms. The molecule has 0 radical (unpaired) electrons. The fourth-order valence-electron chi connectivity index (χ4n) is 5.64. The molecule has 2 bridgehead atoms. The van der Waals surface area contributed by atoms with Gasteiger partial charge in [-0.3, -0.25) is 14.6 Å². The van der Waals surface area contributed by atoms with Crippen molar-refractivity contribution >= 4 is 27.5 Å². The van der Waals surface area contributed by atoms with E-state index < -0.39 is 11.2 Å². The lowest BCUT2D eigenvalue weighted by atomic mass is 9.43. The highest BCUT2D eigenvalue weighted by Gasteiger charge is 2.62. The van der Waals surface area contributed by atoms with Crippen LogP contribution in [0.25, 0.3) is 0 Å². The Morgan fingerprint density at radius 1 is 1.30 bits per heavy atom. The van der Waals surface area contributed by atoms with E-state index in [-0.39, 0.29) is 35.9 Å². The average molecular weight is 518 g/mol. The number of hydrogen-bond acceptors (Lipinski definition) is 6. The van der Waals surface area contributed by atoms with Gasteiger partial charge < -0.3 is 15.7 Å². The quantitative estimate of drug-likeness (QED) is 0.519. The Labute approximate surface area is 202 Å². The minimum absolute atomic E-state index is 0.126. The smallest absolute Gasteiger partial charge is 0.283 e. The number of fused-ring (bicyclic) bond motifs is 2. The molecule has 2 aromatic rings. The lowest BCUT2D eigenvalue weighted by Crippen LogP contribution is -2.68. The highest BCUT2D eigenvalue weighted by atomic mass is 79.9. The molecule has 3 aliphatic rings. The molecule has 0 aliphatic heterocycles. The monoisotopic (exact) mass is 517 g/mol. The van der Waals surface area contributed by atoms with Crippen LogP contribution in [0, 0.1) is 17.3 Å².